The molecule has 36 heavy (non-hydrogen) atoms. The van der Waals surface area contributed by atoms with Gasteiger partial charge in [0.25, 0.3) is 5.91 Å². The van der Waals surface area contributed by atoms with E-state index in [4.69, 9.17) is 10.5 Å². The van der Waals surface area contributed by atoms with Crippen molar-refractivity contribution in [2.24, 2.45) is 0 Å². The number of nitrogens with one attached hydrogen (secondary N) is 2. The number of hydrogen-bond donors (Lipinski definition) is 3. The van der Waals surface area contributed by atoms with Crippen molar-refractivity contribution >= 4 is 22.5 Å². The summed E-state index contributed by atoms with van der Waals surface area (Å²) < 4.78 is 5.79. The van der Waals surface area contributed by atoms with Gasteiger partial charge < -0.3 is 20.8 Å². The van der Waals surface area contributed by atoms with Crippen molar-refractivity contribution in [2.75, 3.05) is 18.9 Å². The molecule has 1 aromatic heterocycles. The average Bonchev–Trinajstić information content (AvgIpc) is 3.34. The highest BCUT2D eigenvalue weighted by molar-refractivity contribution is 5.97. The van der Waals surface area contributed by atoms with E-state index in [1.54, 1.807) is 12.2 Å². The van der Waals surface area contributed by atoms with Crippen LogP contribution in [0.1, 0.15) is 34.5 Å². The third-order valence-electron chi connectivity index (χ3n) is 5.39. The smallest absolute Gasteiger partial charge is 0.267 e. The number of para-hydroxylation sites is 2. The summed E-state index contributed by atoms with van der Waals surface area (Å²) in [5, 5.41) is 3.98. The molecular formula is C31H27N3O2. The number of amides is 1. The summed E-state index contributed by atoms with van der Waals surface area (Å²) >= 11 is 0. The molecule has 0 spiro atoms. The molecule has 0 bridgehead atoms. The van der Waals surface area contributed by atoms with E-state index >= 15 is 0 Å². The predicted molar refractivity (Wildman–Crippen MR) is 146 cm³/mol. The predicted octanol–water partition coefficient (Wildman–Crippen LogP) is 5.30. The van der Waals surface area contributed by atoms with Crippen LogP contribution >= 0.6 is 0 Å². The molecule has 4 aromatic rings. The topological polar surface area (TPSA) is 80.1 Å². The largest absolute Gasteiger partial charge is 0.494 e. The minimum atomic E-state index is -0.0911. The molecule has 0 saturated heterocycles. The van der Waals surface area contributed by atoms with Crippen molar-refractivity contribution in [1.82, 2.24) is 10.3 Å². The van der Waals surface area contributed by atoms with E-state index in [0.29, 0.717) is 24.5 Å². The van der Waals surface area contributed by atoms with Gasteiger partial charge in [0.05, 0.1) is 6.61 Å². The normalized spacial score (nSPS) is 10.3. The quantitative estimate of drug-likeness (QED) is 0.194. The maximum Gasteiger partial charge on any atom is 0.267 e. The summed E-state index contributed by atoms with van der Waals surface area (Å²) in [4.78, 5) is 15.4. The Labute approximate surface area is 211 Å². The van der Waals surface area contributed by atoms with E-state index in [-0.39, 0.29) is 5.91 Å². The number of unbranched alkanes of at least 4 members (excludes halogenated alkanes) is 1. The molecule has 0 unspecified atom stereocenters. The monoisotopic (exact) mass is 473 g/mol. The molecule has 3 aromatic carbocycles. The molecule has 5 heteroatoms. The number of rotatable bonds is 7. The van der Waals surface area contributed by atoms with Crippen LogP contribution in [0.2, 0.25) is 0 Å². The van der Waals surface area contributed by atoms with Crippen LogP contribution in [0.25, 0.3) is 10.9 Å². The van der Waals surface area contributed by atoms with Crippen molar-refractivity contribution in [3.63, 3.8) is 0 Å². The second-order valence-electron chi connectivity index (χ2n) is 8.07. The van der Waals surface area contributed by atoms with Crippen LogP contribution < -0.4 is 15.8 Å². The van der Waals surface area contributed by atoms with Crippen LogP contribution in [0.15, 0.2) is 91.0 Å². The number of carbonyl (C=O) groups excluding carboxylic acids is 1. The molecular weight excluding hydrogens is 446 g/mol. The number of nitrogens with two attached hydrogens (primary N) is 1. The molecule has 4 rings (SSSR count). The zero-order valence-corrected chi connectivity index (χ0v) is 19.9. The fourth-order valence-electron chi connectivity index (χ4n) is 3.48. The van der Waals surface area contributed by atoms with Crippen LogP contribution in [0.3, 0.4) is 0 Å². The number of anilines is 1. The summed E-state index contributed by atoms with van der Waals surface area (Å²) in [5.41, 5.74) is 9.77. The van der Waals surface area contributed by atoms with E-state index in [1.807, 2.05) is 78.9 Å². The minimum Gasteiger partial charge on any atom is -0.494 e. The first-order chi connectivity index (χ1) is 17.7. The van der Waals surface area contributed by atoms with Gasteiger partial charge in [-0.2, -0.15) is 0 Å². The molecule has 0 saturated carbocycles. The third kappa shape index (κ3) is 7.06. The summed E-state index contributed by atoms with van der Waals surface area (Å²) in [6.45, 7) is 1.18. The van der Waals surface area contributed by atoms with E-state index in [0.717, 1.165) is 40.6 Å². The standard InChI is InChI=1S/C31H27N3O2/c32-28-15-7-5-13-25(28)12-4-2-1-3-11-24-17-19-27(20-18-24)36-22-10-9-21-33-31(35)30-23-26-14-6-8-16-29(26)34-30/h1-2,5-8,13-20,23,34H,9-10,21-22,32H2,(H,33,35)/b2-1-. The fraction of sp³-hybridized carbons (Fsp3) is 0.129. The number of nitrogen functional groups attached to an aromatic ring is 1. The van der Waals surface area contributed by atoms with Gasteiger partial charge in [0, 0.05) is 34.3 Å². The number of allylic oxidation sites excluding steroid dienone is 2. The third-order valence-corrected chi connectivity index (χ3v) is 5.39. The Kier molecular flexibility index (Phi) is 8.46. The van der Waals surface area contributed by atoms with Crippen molar-refractivity contribution in [1.29, 1.82) is 0 Å². The van der Waals surface area contributed by atoms with Gasteiger partial charge in [-0.15, -0.1) is 0 Å². The first-order valence-electron chi connectivity index (χ1n) is 11.8. The lowest BCUT2D eigenvalue weighted by Gasteiger charge is -2.07. The van der Waals surface area contributed by atoms with Gasteiger partial charge in [0.2, 0.25) is 0 Å². The maximum atomic E-state index is 12.3. The molecule has 0 fully saturated rings. The highest BCUT2D eigenvalue weighted by Gasteiger charge is 2.08. The molecule has 5 nitrogen and oxygen atoms in total. The zero-order valence-electron chi connectivity index (χ0n) is 19.9. The summed E-state index contributed by atoms with van der Waals surface area (Å²) in [5.74, 6) is 12.7. The van der Waals surface area contributed by atoms with Crippen molar-refractivity contribution < 1.29 is 9.53 Å². The van der Waals surface area contributed by atoms with E-state index in [1.165, 1.54) is 0 Å². The Morgan fingerprint density at radius 2 is 1.67 bits per heavy atom. The second kappa shape index (κ2) is 12.6. The van der Waals surface area contributed by atoms with Crippen LogP contribution in [0, 0.1) is 23.7 Å². The minimum absolute atomic E-state index is 0.0911. The average molecular weight is 474 g/mol. The molecule has 0 aliphatic carbocycles. The van der Waals surface area contributed by atoms with Gasteiger partial charge in [-0.1, -0.05) is 54.0 Å². The fourth-order valence-corrected chi connectivity index (χ4v) is 3.48. The molecule has 1 heterocycles. The Hall–Kier alpha value is -4.87. The van der Waals surface area contributed by atoms with E-state index < -0.39 is 0 Å². The number of carbonyl (C=O) groups is 1. The van der Waals surface area contributed by atoms with Gasteiger partial charge in [-0.05, 0) is 73.5 Å². The number of ether oxygens (including phenoxy) is 1. The van der Waals surface area contributed by atoms with Gasteiger partial charge in [0.1, 0.15) is 11.4 Å². The summed E-state index contributed by atoms with van der Waals surface area (Å²) in [6, 6.07) is 24.9. The number of aromatic nitrogens is 1. The lowest BCUT2D eigenvalue weighted by atomic mass is 10.2. The van der Waals surface area contributed by atoms with Crippen LogP contribution in [-0.2, 0) is 0 Å². The Morgan fingerprint density at radius 1 is 0.917 bits per heavy atom. The van der Waals surface area contributed by atoms with Gasteiger partial charge in [-0.3, -0.25) is 4.79 Å². The Morgan fingerprint density at radius 3 is 2.47 bits per heavy atom. The van der Waals surface area contributed by atoms with Gasteiger partial charge >= 0.3 is 0 Å². The van der Waals surface area contributed by atoms with Crippen molar-refractivity contribution in [2.45, 2.75) is 12.8 Å². The van der Waals surface area contributed by atoms with Crippen molar-refractivity contribution in [3.05, 3.63) is 108 Å². The molecule has 1 amide bonds. The number of benzene rings is 3. The van der Waals surface area contributed by atoms with E-state index in [2.05, 4.69) is 34.0 Å². The first-order valence-corrected chi connectivity index (χ1v) is 11.8. The second-order valence-corrected chi connectivity index (χ2v) is 8.07. The zero-order chi connectivity index (χ0) is 25.0. The van der Waals surface area contributed by atoms with Crippen LogP contribution in [0.5, 0.6) is 5.75 Å². The number of hydrogen-bond acceptors (Lipinski definition) is 3. The Balaban J connectivity index is 1.13. The van der Waals surface area contributed by atoms with Gasteiger partial charge in [-0.25, -0.2) is 0 Å². The van der Waals surface area contributed by atoms with Crippen molar-refractivity contribution in [3.8, 4) is 29.4 Å². The molecule has 0 aliphatic rings. The number of fused-ring (bicyclic) bond motifs is 1. The molecule has 0 radical (unpaired) electrons. The lowest BCUT2D eigenvalue weighted by Crippen LogP contribution is -2.25. The summed E-state index contributed by atoms with van der Waals surface area (Å²) in [6.07, 6.45) is 5.10. The highest BCUT2D eigenvalue weighted by atomic mass is 16.5. The first kappa shape index (κ1) is 24.3. The summed E-state index contributed by atoms with van der Waals surface area (Å²) in [7, 11) is 0. The highest BCUT2D eigenvalue weighted by Crippen LogP contribution is 2.15. The molecule has 4 N–H and O–H groups in total. The SMILES string of the molecule is Nc1ccccc1C#C/C=C\C#Cc1ccc(OCCCCNC(=O)c2cc3ccccc3[nH]2)cc1. The number of aromatic amines is 1. The molecule has 0 aliphatic heterocycles. The maximum absolute atomic E-state index is 12.3. The molecule has 0 atom stereocenters. The lowest BCUT2D eigenvalue weighted by molar-refractivity contribution is 0.0948. The van der Waals surface area contributed by atoms with E-state index in [9.17, 15) is 4.79 Å². The van der Waals surface area contributed by atoms with Crippen LogP contribution in [-0.4, -0.2) is 24.0 Å². The van der Waals surface area contributed by atoms with Crippen LogP contribution in [0.4, 0.5) is 5.69 Å². The number of H-pyrrole nitrogens is 1. The molecule has 178 valence electrons. The Bertz CT molecular complexity index is 1440. The van der Waals surface area contributed by atoms with Gasteiger partial charge in [0.15, 0.2) is 0 Å².